The fourth-order valence-electron chi connectivity index (χ4n) is 2.99. The summed E-state index contributed by atoms with van der Waals surface area (Å²) >= 11 is 0. The zero-order valence-electron chi connectivity index (χ0n) is 13.1. The highest BCUT2D eigenvalue weighted by Crippen LogP contribution is 2.19. The molecular formula is C17H28N2O. The summed E-state index contributed by atoms with van der Waals surface area (Å²) in [5, 5.41) is 3.64. The number of piperidine rings is 1. The highest BCUT2D eigenvalue weighted by Gasteiger charge is 2.18. The monoisotopic (exact) mass is 276 g/mol. The number of rotatable bonds is 6. The van der Waals surface area contributed by atoms with Gasteiger partial charge in [-0.15, -0.1) is 0 Å². The van der Waals surface area contributed by atoms with E-state index in [2.05, 4.69) is 36.3 Å². The molecule has 1 aromatic carbocycles. The van der Waals surface area contributed by atoms with Crippen molar-refractivity contribution in [3.63, 3.8) is 0 Å². The number of ether oxygens (including phenoxy) is 1. The van der Waals surface area contributed by atoms with Crippen LogP contribution in [0.3, 0.4) is 0 Å². The van der Waals surface area contributed by atoms with Crippen molar-refractivity contribution in [2.75, 3.05) is 27.2 Å². The van der Waals surface area contributed by atoms with Gasteiger partial charge < -0.3 is 15.0 Å². The summed E-state index contributed by atoms with van der Waals surface area (Å²) in [5.41, 5.74) is 1.32. The molecule has 3 heteroatoms. The van der Waals surface area contributed by atoms with Gasteiger partial charge in [-0.05, 0) is 64.0 Å². The van der Waals surface area contributed by atoms with Crippen LogP contribution in [0.1, 0.15) is 44.2 Å². The molecule has 0 saturated carbocycles. The summed E-state index contributed by atoms with van der Waals surface area (Å²) < 4.78 is 5.20. The molecule has 0 spiro atoms. The van der Waals surface area contributed by atoms with Crippen LogP contribution in [0.15, 0.2) is 24.3 Å². The van der Waals surface area contributed by atoms with E-state index in [9.17, 15) is 0 Å². The second-order valence-electron chi connectivity index (χ2n) is 5.87. The van der Waals surface area contributed by atoms with Gasteiger partial charge in [-0.2, -0.15) is 0 Å². The minimum Gasteiger partial charge on any atom is -0.497 e. The Kier molecular flexibility index (Phi) is 5.86. The van der Waals surface area contributed by atoms with E-state index in [0.29, 0.717) is 6.04 Å². The Morgan fingerprint density at radius 3 is 2.70 bits per heavy atom. The Labute approximate surface area is 123 Å². The van der Waals surface area contributed by atoms with Crippen molar-refractivity contribution in [2.45, 2.75) is 44.7 Å². The van der Waals surface area contributed by atoms with Crippen LogP contribution in [-0.2, 0) is 0 Å². The van der Waals surface area contributed by atoms with E-state index in [1.807, 2.05) is 12.1 Å². The average molecular weight is 276 g/mol. The van der Waals surface area contributed by atoms with E-state index in [1.54, 1.807) is 7.11 Å². The van der Waals surface area contributed by atoms with Gasteiger partial charge in [0.2, 0.25) is 0 Å². The summed E-state index contributed by atoms with van der Waals surface area (Å²) in [5.74, 6) is 0.921. The lowest BCUT2D eigenvalue weighted by atomic mass is 10.00. The van der Waals surface area contributed by atoms with Crippen LogP contribution in [0.4, 0.5) is 0 Å². The molecule has 0 aromatic heterocycles. The van der Waals surface area contributed by atoms with E-state index in [1.165, 1.54) is 37.8 Å². The standard InChI is InChI=1S/C17H28N2O/c1-14(15-7-9-17(20-3)10-8-15)18-12-11-16-6-4-5-13-19(16)2/h7-10,14,16,18H,4-6,11-13H2,1-3H3/t14-,16?/m0/s1. The molecule has 1 fully saturated rings. The van der Waals surface area contributed by atoms with Crippen molar-refractivity contribution < 1.29 is 4.74 Å². The second kappa shape index (κ2) is 7.65. The van der Waals surface area contributed by atoms with E-state index in [0.717, 1.165) is 18.3 Å². The highest BCUT2D eigenvalue weighted by molar-refractivity contribution is 5.28. The summed E-state index contributed by atoms with van der Waals surface area (Å²) in [4.78, 5) is 2.52. The van der Waals surface area contributed by atoms with Gasteiger partial charge >= 0.3 is 0 Å². The minimum atomic E-state index is 0.398. The Balaban J connectivity index is 1.75. The van der Waals surface area contributed by atoms with Gasteiger partial charge in [-0.1, -0.05) is 18.6 Å². The van der Waals surface area contributed by atoms with Gasteiger partial charge in [-0.25, -0.2) is 0 Å². The molecule has 2 atom stereocenters. The summed E-state index contributed by atoms with van der Waals surface area (Å²) in [6.45, 7) is 4.58. The first-order valence-electron chi connectivity index (χ1n) is 7.78. The third-order valence-corrected chi connectivity index (χ3v) is 4.47. The van der Waals surface area contributed by atoms with Crippen molar-refractivity contribution >= 4 is 0 Å². The molecule has 1 unspecified atom stereocenters. The lowest BCUT2D eigenvalue weighted by molar-refractivity contribution is 0.174. The van der Waals surface area contributed by atoms with Crippen molar-refractivity contribution in [3.05, 3.63) is 29.8 Å². The van der Waals surface area contributed by atoms with Crippen molar-refractivity contribution in [2.24, 2.45) is 0 Å². The molecule has 1 aliphatic rings. The second-order valence-corrected chi connectivity index (χ2v) is 5.87. The maximum absolute atomic E-state index is 5.20. The first-order valence-corrected chi connectivity index (χ1v) is 7.78. The summed E-state index contributed by atoms with van der Waals surface area (Å²) in [7, 11) is 3.97. The maximum atomic E-state index is 5.20. The third kappa shape index (κ3) is 4.22. The molecule has 1 aromatic rings. The van der Waals surface area contributed by atoms with Gasteiger partial charge in [0.1, 0.15) is 5.75 Å². The van der Waals surface area contributed by atoms with Gasteiger partial charge in [0, 0.05) is 12.1 Å². The Morgan fingerprint density at radius 2 is 2.05 bits per heavy atom. The van der Waals surface area contributed by atoms with Crippen LogP contribution in [-0.4, -0.2) is 38.2 Å². The number of benzene rings is 1. The van der Waals surface area contributed by atoms with E-state index in [-0.39, 0.29) is 0 Å². The molecular weight excluding hydrogens is 248 g/mol. The average Bonchev–Trinajstić information content (AvgIpc) is 2.49. The number of nitrogens with one attached hydrogen (secondary N) is 1. The molecule has 1 N–H and O–H groups in total. The minimum absolute atomic E-state index is 0.398. The first kappa shape index (κ1) is 15.3. The van der Waals surface area contributed by atoms with Crippen molar-refractivity contribution in [1.29, 1.82) is 0 Å². The molecule has 2 rings (SSSR count). The Bertz CT molecular complexity index is 390. The van der Waals surface area contributed by atoms with Gasteiger partial charge in [0.05, 0.1) is 7.11 Å². The summed E-state index contributed by atoms with van der Waals surface area (Å²) in [6, 6.07) is 9.51. The largest absolute Gasteiger partial charge is 0.497 e. The van der Waals surface area contributed by atoms with Crippen LogP contribution < -0.4 is 10.1 Å². The lowest BCUT2D eigenvalue weighted by Gasteiger charge is -2.32. The predicted octanol–water partition coefficient (Wildman–Crippen LogP) is 3.22. The predicted molar refractivity (Wildman–Crippen MR) is 84.3 cm³/mol. The van der Waals surface area contributed by atoms with Crippen molar-refractivity contribution in [3.8, 4) is 5.75 Å². The number of nitrogens with zero attached hydrogens (tertiary/aromatic N) is 1. The molecule has 112 valence electrons. The SMILES string of the molecule is COc1ccc([C@H](C)NCCC2CCCCN2C)cc1. The van der Waals surface area contributed by atoms with E-state index in [4.69, 9.17) is 4.74 Å². The smallest absolute Gasteiger partial charge is 0.118 e. The molecule has 1 heterocycles. The molecule has 0 radical (unpaired) electrons. The van der Waals surface area contributed by atoms with Gasteiger partial charge in [0.25, 0.3) is 0 Å². The third-order valence-electron chi connectivity index (χ3n) is 4.47. The fraction of sp³-hybridized carbons (Fsp3) is 0.647. The quantitative estimate of drug-likeness (QED) is 0.863. The molecule has 0 aliphatic carbocycles. The first-order chi connectivity index (χ1) is 9.70. The number of hydrogen-bond donors (Lipinski definition) is 1. The molecule has 20 heavy (non-hydrogen) atoms. The van der Waals surface area contributed by atoms with Crippen LogP contribution in [0.5, 0.6) is 5.75 Å². The Morgan fingerprint density at radius 1 is 1.30 bits per heavy atom. The van der Waals surface area contributed by atoms with Crippen LogP contribution in [0.2, 0.25) is 0 Å². The number of hydrogen-bond acceptors (Lipinski definition) is 3. The zero-order valence-corrected chi connectivity index (χ0v) is 13.1. The molecule has 0 bridgehead atoms. The fourth-order valence-corrected chi connectivity index (χ4v) is 2.99. The van der Waals surface area contributed by atoms with E-state index >= 15 is 0 Å². The van der Waals surface area contributed by atoms with E-state index < -0.39 is 0 Å². The molecule has 3 nitrogen and oxygen atoms in total. The topological polar surface area (TPSA) is 24.5 Å². The van der Waals surface area contributed by atoms with Gasteiger partial charge in [-0.3, -0.25) is 0 Å². The molecule has 1 saturated heterocycles. The maximum Gasteiger partial charge on any atom is 0.118 e. The van der Waals surface area contributed by atoms with Crippen molar-refractivity contribution in [1.82, 2.24) is 10.2 Å². The zero-order chi connectivity index (χ0) is 14.4. The Hall–Kier alpha value is -1.06. The van der Waals surface area contributed by atoms with Crippen LogP contribution in [0.25, 0.3) is 0 Å². The van der Waals surface area contributed by atoms with Crippen LogP contribution >= 0.6 is 0 Å². The lowest BCUT2D eigenvalue weighted by Crippen LogP contribution is -2.38. The molecule has 0 amide bonds. The van der Waals surface area contributed by atoms with Gasteiger partial charge in [0.15, 0.2) is 0 Å². The number of likely N-dealkylation sites (tertiary alicyclic amines) is 1. The highest BCUT2D eigenvalue weighted by atomic mass is 16.5. The summed E-state index contributed by atoms with van der Waals surface area (Å²) in [6.07, 6.45) is 5.36. The normalized spacial score (nSPS) is 21.6. The number of methoxy groups -OCH3 is 1. The van der Waals surface area contributed by atoms with Crippen LogP contribution in [0, 0.1) is 0 Å². The molecule has 1 aliphatic heterocycles.